The van der Waals surface area contributed by atoms with Crippen LogP contribution in [0.25, 0.3) is 20.9 Å². The monoisotopic (exact) mass is 361 g/mol. The van der Waals surface area contributed by atoms with Crippen molar-refractivity contribution in [3.63, 3.8) is 0 Å². The first-order valence-corrected chi connectivity index (χ1v) is 8.36. The number of fused-ring (bicyclic) bond motifs is 3. The second-order valence-corrected chi connectivity index (χ2v) is 6.33. The molecular weight excluding hydrogens is 350 g/mol. The van der Waals surface area contributed by atoms with E-state index in [9.17, 15) is 9.59 Å². The van der Waals surface area contributed by atoms with E-state index in [0.29, 0.717) is 15.8 Å². The minimum absolute atomic E-state index is 0.0225. The molecule has 5 heteroatoms. The standard InChI is InChI=1S/C16H12BrNO2S/c17-7-13(19)10-3-4-12-9(5-10)1-2-11-6-15(14(20)8-18)21-16(11)12/h1-6H,7-8,18H2. The fourth-order valence-electron chi connectivity index (χ4n) is 2.31. The molecule has 0 amide bonds. The van der Waals surface area contributed by atoms with Gasteiger partial charge in [-0.25, -0.2) is 0 Å². The highest BCUT2D eigenvalue weighted by Crippen LogP contribution is 2.33. The molecule has 0 atom stereocenters. The van der Waals surface area contributed by atoms with Crippen molar-refractivity contribution in [3.05, 3.63) is 46.8 Å². The summed E-state index contributed by atoms with van der Waals surface area (Å²) >= 11 is 4.64. The van der Waals surface area contributed by atoms with Crippen LogP contribution in [-0.2, 0) is 0 Å². The molecule has 21 heavy (non-hydrogen) atoms. The third-order valence-electron chi connectivity index (χ3n) is 3.40. The Balaban J connectivity index is 2.21. The van der Waals surface area contributed by atoms with Crippen LogP contribution in [0.2, 0.25) is 0 Å². The van der Waals surface area contributed by atoms with Crippen molar-refractivity contribution in [2.75, 3.05) is 11.9 Å². The van der Waals surface area contributed by atoms with E-state index in [2.05, 4.69) is 15.9 Å². The van der Waals surface area contributed by atoms with Gasteiger partial charge in [0.05, 0.1) is 16.8 Å². The molecule has 0 saturated heterocycles. The van der Waals surface area contributed by atoms with Gasteiger partial charge in [-0.1, -0.05) is 40.2 Å². The molecular formula is C16H12BrNO2S. The van der Waals surface area contributed by atoms with Crippen LogP contribution >= 0.6 is 27.3 Å². The lowest BCUT2D eigenvalue weighted by Gasteiger charge is -2.02. The third kappa shape index (κ3) is 2.52. The van der Waals surface area contributed by atoms with Crippen LogP contribution in [0, 0.1) is 0 Å². The number of Topliss-reactive ketones (excluding diaryl/α,β-unsaturated/α-hetero) is 2. The Morgan fingerprint density at radius 3 is 2.52 bits per heavy atom. The second kappa shape index (κ2) is 5.67. The van der Waals surface area contributed by atoms with E-state index in [0.717, 1.165) is 20.9 Å². The Morgan fingerprint density at radius 2 is 1.81 bits per heavy atom. The van der Waals surface area contributed by atoms with Gasteiger partial charge in [-0.05, 0) is 28.3 Å². The molecule has 0 aliphatic rings. The lowest BCUT2D eigenvalue weighted by molar-refractivity contribution is 0.100. The highest BCUT2D eigenvalue weighted by atomic mass is 79.9. The van der Waals surface area contributed by atoms with Gasteiger partial charge in [0.1, 0.15) is 0 Å². The number of halogens is 1. The molecule has 0 bridgehead atoms. The van der Waals surface area contributed by atoms with Gasteiger partial charge in [-0.15, -0.1) is 11.3 Å². The maximum Gasteiger partial charge on any atom is 0.186 e. The molecule has 0 unspecified atom stereocenters. The molecule has 106 valence electrons. The van der Waals surface area contributed by atoms with Crippen LogP contribution in [0.5, 0.6) is 0 Å². The van der Waals surface area contributed by atoms with Crippen LogP contribution in [0.3, 0.4) is 0 Å². The molecule has 0 spiro atoms. The molecule has 3 rings (SSSR count). The Kier molecular flexibility index (Phi) is 3.89. The number of hydrogen-bond acceptors (Lipinski definition) is 4. The fourth-order valence-corrected chi connectivity index (χ4v) is 3.78. The summed E-state index contributed by atoms with van der Waals surface area (Å²) in [5, 5.41) is 3.40. The van der Waals surface area contributed by atoms with Gasteiger partial charge in [0.15, 0.2) is 11.6 Å². The summed E-state index contributed by atoms with van der Waals surface area (Å²) in [6.45, 7) is 0.0225. The summed E-state index contributed by atoms with van der Waals surface area (Å²) in [5.74, 6) is 0.0117. The lowest BCUT2D eigenvalue weighted by atomic mass is 10.0. The van der Waals surface area contributed by atoms with Gasteiger partial charge in [-0.3, -0.25) is 9.59 Å². The van der Waals surface area contributed by atoms with Crippen molar-refractivity contribution in [2.45, 2.75) is 0 Å². The van der Waals surface area contributed by atoms with Crippen LogP contribution in [0.1, 0.15) is 20.0 Å². The van der Waals surface area contributed by atoms with E-state index < -0.39 is 0 Å². The van der Waals surface area contributed by atoms with Crippen LogP contribution in [0.15, 0.2) is 36.4 Å². The summed E-state index contributed by atoms with van der Waals surface area (Å²) in [4.78, 5) is 24.2. The van der Waals surface area contributed by atoms with E-state index in [1.807, 2.05) is 36.4 Å². The number of rotatable bonds is 4. The van der Waals surface area contributed by atoms with Crippen molar-refractivity contribution >= 4 is 59.7 Å². The van der Waals surface area contributed by atoms with E-state index in [4.69, 9.17) is 5.73 Å². The average Bonchev–Trinajstić information content (AvgIpc) is 2.97. The highest BCUT2D eigenvalue weighted by Gasteiger charge is 2.12. The Labute approximate surface area is 133 Å². The lowest BCUT2D eigenvalue weighted by Crippen LogP contribution is -2.11. The zero-order chi connectivity index (χ0) is 15.0. The van der Waals surface area contributed by atoms with Crippen LogP contribution in [0.4, 0.5) is 0 Å². The molecule has 0 fully saturated rings. The number of benzene rings is 2. The first-order valence-electron chi connectivity index (χ1n) is 6.43. The number of carbonyl (C=O) groups is 2. The number of alkyl halides is 1. The number of carbonyl (C=O) groups excluding carboxylic acids is 2. The Bertz CT molecular complexity index is 869. The molecule has 3 nitrogen and oxygen atoms in total. The second-order valence-electron chi connectivity index (χ2n) is 4.71. The average molecular weight is 362 g/mol. The van der Waals surface area contributed by atoms with E-state index in [1.54, 1.807) is 0 Å². The predicted octanol–water partition coefficient (Wildman–Crippen LogP) is 3.77. The number of thiophene rings is 1. The summed E-state index contributed by atoms with van der Waals surface area (Å²) in [5.41, 5.74) is 6.11. The summed E-state index contributed by atoms with van der Waals surface area (Å²) in [6, 6.07) is 11.5. The van der Waals surface area contributed by atoms with Crippen molar-refractivity contribution in [1.82, 2.24) is 0 Å². The topological polar surface area (TPSA) is 60.2 Å². The molecule has 1 aromatic heterocycles. The SMILES string of the molecule is NCC(=O)c1cc2ccc3cc(C(=O)CBr)ccc3c2s1. The summed E-state index contributed by atoms with van der Waals surface area (Å²) < 4.78 is 1.06. The number of hydrogen-bond donors (Lipinski definition) is 1. The molecule has 2 N–H and O–H groups in total. The molecule has 0 saturated carbocycles. The Hall–Kier alpha value is -1.56. The molecule has 2 aromatic carbocycles. The fraction of sp³-hybridized carbons (Fsp3) is 0.125. The van der Waals surface area contributed by atoms with Crippen LogP contribution in [-0.4, -0.2) is 23.4 Å². The van der Waals surface area contributed by atoms with Gasteiger partial charge >= 0.3 is 0 Å². The van der Waals surface area contributed by atoms with E-state index in [-0.39, 0.29) is 18.1 Å². The Morgan fingerprint density at radius 1 is 1.05 bits per heavy atom. The highest BCUT2D eigenvalue weighted by molar-refractivity contribution is 9.09. The minimum Gasteiger partial charge on any atom is -0.324 e. The number of ketones is 2. The van der Waals surface area contributed by atoms with Crippen LogP contribution < -0.4 is 5.73 Å². The first kappa shape index (κ1) is 14.4. The van der Waals surface area contributed by atoms with Gasteiger partial charge in [0, 0.05) is 10.3 Å². The van der Waals surface area contributed by atoms with Gasteiger partial charge in [-0.2, -0.15) is 0 Å². The van der Waals surface area contributed by atoms with Gasteiger partial charge in [0.2, 0.25) is 0 Å². The third-order valence-corrected chi connectivity index (χ3v) is 5.14. The van der Waals surface area contributed by atoms with Gasteiger partial charge in [0.25, 0.3) is 0 Å². The first-order chi connectivity index (χ1) is 10.1. The maximum atomic E-state index is 11.8. The van der Waals surface area contributed by atoms with Crippen molar-refractivity contribution in [3.8, 4) is 0 Å². The molecule has 1 heterocycles. The van der Waals surface area contributed by atoms with Crippen molar-refractivity contribution in [1.29, 1.82) is 0 Å². The van der Waals surface area contributed by atoms with E-state index >= 15 is 0 Å². The number of nitrogens with two attached hydrogens (primary N) is 1. The molecule has 3 aromatic rings. The quantitative estimate of drug-likeness (QED) is 0.568. The molecule has 0 radical (unpaired) electrons. The maximum absolute atomic E-state index is 11.8. The predicted molar refractivity (Wildman–Crippen MR) is 90.8 cm³/mol. The zero-order valence-corrected chi connectivity index (χ0v) is 13.5. The minimum atomic E-state index is -0.0459. The summed E-state index contributed by atoms with van der Waals surface area (Å²) in [6.07, 6.45) is 0. The smallest absolute Gasteiger partial charge is 0.186 e. The van der Waals surface area contributed by atoms with E-state index in [1.165, 1.54) is 11.3 Å². The zero-order valence-electron chi connectivity index (χ0n) is 11.1. The summed E-state index contributed by atoms with van der Waals surface area (Å²) in [7, 11) is 0. The molecule has 0 aliphatic carbocycles. The van der Waals surface area contributed by atoms with Gasteiger partial charge < -0.3 is 5.73 Å². The van der Waals surface area contributed by atoms with Crippen molar-refractivity contribution < 1.29 is 9.59 Å². The largest absolute Gasteiger partial charge is 0.324 e. The molecule has 0 aliphatic heterocycles. The van der Waals surface area contributed by atoms with Crippen molar-refractivity contribution in [2.24, 2.45) is 5.73 Å². The normalized spacial score (nSPS) is 11.1.